The van der Waals surface area contributed by atoms with E-state index in [0.717, 1.165) is 16.7 Å². The number of carbonyl (C=O) groups excluding carboxylic acids is 1. The number of nitrogens with zero attached hydrogens (tertiary/aromatic N) is 1. The van der Waals surface area contributed by atoms with Crippen molar-refractivity contribution in [3.05, 3.63) is 65.0 Å². The minimum absolute atomic E-state index is 0.0837. The van der Waals surface area contributed by atoms with Gasteiger partial charge in [-0.25, -0.2) is 4.98 Å². The average Bonchev–Trinajstić information content (AvgIpc) is 3.16. The predicted molar refractivity (Wildman–Crippen MR) is 134 cm³/mol. The van der Waals surface area contributed by atoms with Crippen LogP contribution in [0.25, 0.3) is 11.5 Å². The number of nitrogens with one attached hydrogen (secondary N) is 1. The van der Waals surface area contributed by atoms with Gasteiger partial charge in [-0.15, -0.1) is 0 Å². The van der Waals surface area contributed by atoms with E-state index in [1.807, 2.05) is 63.2 Å². The van der Waals surface area contributed by atoms with E-state index in [9.17, 15) is 9.00 Å². The number of hydrogen-bond acceptors (Lipinski definition) is 6. The van der Waals surface area contributed by atoms with E-state index < -0.39 is 10.8 Å². The van der Waals surface area contributed by atoms with Gasteiger partial charge in [0.05, 0.1) is 24.7 Å². The molecule has 1 atom stereocenters. The van der Waals surface area contributed by atoms with Crippen molar-refractivity contribution >= 4 is 16.7 Å². The number of aromatic nitrogens is 1. The number of rotatable bonds is 12. The quantitative estimate of drug-likeness (QED) is 0.411. The molecular weight excluding hydrogens is 452 g/mol. The van der Waals surface area contributed by atoms with E-state index in [1.54, 1.807) is 6.92 Å². The molecule has 0 aliphatic carbocycles. The smallest absolute Gasteiger partial charge is 0.232 e. The number of aryl methyl sites for hydroxylation is 2. The lowest BCUT2D eigenvalue weighted by atomic mass is 10.1. The zero-order chi connectivity index (χ0) is 24.5. The van der Waals surface area contributed by atoms with Crippen molar-refractivity contribution in [1.29, 1.82) is 0 Å². The monoisotopic (exact) mass is 484 g/mol. The molecule has 1 heterocycles. The molecule has 1 N–H and O–H groups in total. The molecule has 0 bridgehead atoms. The fourth-order valence-corrected chi connectivity index (χ4v) is 4.45. The summed E-state index contributed by atoms with van der Waals surface area (Å²) in [6.07, 6.45) is 0.632. The summed E-state index contributed by atoms with van der Waals surface area (Å²) in [6, 6.07) is 13.6. The zero-order valence-electron chi connectivity index (χ0n) is 20.2. The van der Waals surface area contributed by atoms with Gasteiger partial charge in [-0.05, 0) is 63.9 Å². The Morgan fingerprint density at radius 3 is 2.44 bits per heavy atom. The van der Waals surface area contributed by atoms with Crippen LogP contribution >= 0.6 is 0 Å². The van der Waals surface area contributed by atoms with Crippen LogP contribution in [0.5, 0.6) is 11.5 Å². The van der Waals surface area contributed by atoms with Crippen LogP contribution in [-0.2, 0) is 27.8 Å². The maximum atomic E-state index is 12.6. The molecule has 0 spiro atoms. The van der Waals surface area contributed by atoms with Crippen molar-refractivity contribution in [1.82, 2.24) is 10.3 Å². The van der Waals surface area contributed by atoms with Gasteiger partial charge in [-0.2, -0.15) is 0 Å². The van der Waals surface area contributed by atoms with Gasteiger partial charge in [0.1, 0.15) is 11.5 Å². The lowest BCUT2D eigenvalue weighted by molar-refractivity contribution is -0.118. The third-order valence-electron chi connectivity index (χ3n) is 5.12. The summed E-state index contributed by atoms with van der Waals surface area (Å²) in [5.74, 6) is 2.35. The zero-order valence-corrected chi connectivity index (χ0v) is 21.0. The number of benzene rings is 2. The molecule has 0 aliphatic rings. The number of amides is 1. The highest BCUT2D eigenvalue weighted by Gasteiger charge is 2.16. The minimum Gasteiger partial charge on any atom is -0.490 e. The summed E-state index contributed by atoms with van der Waals surface area (Å²) in [6.45, 7) is 9.21. The Hall–Kier alpha value is -3.13. The molecule has 0 aliphatic heterocycles. The Bertz CT molecular complexity index is 1120. The Morgan fingerprint density at radius 1 is 1.03 bits per heavy atom. The molecule has 0 unspecified atom stereocenters. The summed E-state index contributed by atoms with van der Waals surface area (Å²) in [7, 11) is -1.39. The first-order valence-electron chi connectivity index (χ1n) is 11.4. The third-order valence-corrected chi connectivity index (χ3v) is 6.30. The summed E-state index contributed by atoms with van der Waals surface area (Å²) in [5, 5.41) is 2.84. The van der Waals surface area contributed by atoms with Gasteiger partial charge in [-0.1, -0.05) is 23.8 Å². The van der Waals surface area contributed by atoms with E-state index in [4.69, 9.17) is 13.9 Å². The first kappa shape index (κ1) is 25.5. The average molecular weight is 485 g/mol. The first-order valence-corrected chi connectivity index (χ1v) is 12.9. The van der Waals surface area contributed by atoms with Gasteiger partial charge in [-0.3, -0.25) is 9.00 Å². The van der Waals surface area contributed by atoms with Crippen LogP contribution in [0.4, 0.5) is 0 Å². The van der Waals surface area contributed by atoms with Crippen molar-refractivity contribution in [2.75, 3.05) is 25.5 Å². The number of ether oxygens (including phenoxy) is 2. The van der Waals surface area contributed by atoms with E-state index in [0.29, 0.717) is 55.0 Å². The predicted octanol–water partition coefficient (Wildman–Crippen LogP) is 4.36. The molecule has 34 heavy (non-hydrogen) atoms. The molecule has 1 aromatic heterocycles. The van der Waals surface area contributed by atoms with E-state index in [-0.39, 0.29) is 17.4 Å². The van der Waals surface area contributed by atoms with Gasteiger partial charge < -0.3 is 19.2 Å². The Kier molecular flexibility index (Phi) is 9.27. The maximum Gasteiger partial charge on any atom is 0.232 e. The number of hydrogen-bond donors (Lipinski definition) is 1. The molecule has 1 amide bonds. The normalized spacial score (nSPS) is 11.8. The van der Waals surface area contributed by atoms with Crippen molar-refractivity contribution in [2.45, 2.75) is 39.9 Å². The van der Waals surface area contributed by atoms with Crippen LogP contribution in [-0.4, -0.2) is 40.6 Å². The molecule has 182 valence electrons. The van der Waals surface area contributed by atoms with Gasteiger partial charge >= 0.3 is 0 Å². The fraction of sp³-hybridized carbons (Fsp3) is 0.385. The van der Waals surface area contributed by atoms with Gasteiger partial charge in [0, 0.05) is 22.9 Å². The second-order valence-corrected chi connectivity index (χ2v) is 9.32. The van der Waals surface area contributed by atoms with Crippen LogP contribution in [0.15, 0.2) is 46.9 Å². The molecule has 0 radical (unpaired) electrons. The lowest BCUT2D eigenvalue weighted by Crippen LogP contribution is -2.30. The second kappa shape index (κ2) is 12.4. The summed E-state index contributed by atoms with van der Waals surface area (Å²) in [5.41, 5.74) is 3.65. The van der Waals surface area contributed by atoms with Crippen LogP contribution in [0, 0.1) is 13.8 Å². The maximum absolute atomic E-state index is 12.6. The largest absolute Gasteiger partial charge is 0.490 e. The summed E-state index contributed by atoms with van der Waals surface area (Å²) in [4.78, 5) is 16.8. The highest BCUT2D eigenvalue weighted by molar-refractivity contribution is 7.84. The Balaban J connectivity index is 1.49. The number of carbonyl (C=O) groups is 1. The molecule has 8 heteroatoms. The van der Waals surface area contributed by atoms with Crippen molar-refractivity contribution in [3.63, 3.8) is 0 Å². The van der Waals surface area contributed by atoms with E-state index in [1.165, 1.54) is 0 Å². The lowest BCUT2D eigenvalue weighted by Gasteiger charge is -2.12. The van der Waals surface area contributed by atoms with Gasteiger partial charge in [0.2, 0.25) is 11.8 Å². The van der Waals surface area contributed by atoms with Crippen molar-refractivity contribution in [3.8, 4) is 23.0 Å². The SMILES string of the molecule is CCOc1ccc(CCNC(=O)C[S@](=O)Cc2nc(-c3ccc(C)cc3)oc2C)cc1OCC. The molecule has 0 saturated carbocycles. The van der Waals surface area contributed by atoms with Crippen molar-refractivity contribution in [2.24, 2.45) is 0 Å². The summed E-state index contributed by atoms with van der Waals surface area (Å²) >= 11 is 0. The molecule has 3 rings (SSSR count). The second-order valence-electron chi connectivity index (χ2n) is 7.86. The van der Waals surface area contributed by atoms with Crippen molar-refractivity contribution < 1.29 is 22.9 Å². The van der Waals surface area contributed by atoms with Crippen LogP contribution in [0.3, 0.4) is 0 Å². The highest BCUT2D eigenvalue weighted by Crippen LogP contribution is 2.28. The Labute approximate surface area is 203 Å². The first-order chi connectivity index (χ1) is 16.4. The van der Waals surface area contributed by atoms with E-state index in [2.05, 4.69) is 10.3 Å². The van der Waals surface area contributed by atoms with E-state index >= 15 is 0 Å². The van der Waals surface area contributed by atoms with Crippen LogP contribution < -0.4 is 14.8 Å². The van der Waals surface area contributed by atoms with Crippen LogP contribution in [0.2, 0.25) is 0 Å². The third kappa shape index (κ3) is 7.18. The minimum atomic E-state index is -1.39. The molecular formula is C26H32N2O5S. The fourth-order valence-electron chi connectivity index (χ4n) is 3.38. The molecule has 0 fully saturated rings. The van der Waals surface area contributed by atoms with Crippen LogP contribution in [0.1, 0.15) is 36.4 Å². The molecule has 7 nitrogen and oxygen atoms in total. The number of oxazole rings is 1. The standard InChI is InChI=1S/C26H32N2O5S/c1-5-31-23-12-9-20(15-24(23)32-6-2)13-14-27-25(29)17-34(30)16-22-19(4)33-26(28-22)21-10-7-18(3)8-11-21/h7-12,15H,5-6,13-14,16-17H2,1-4H3,(H,27,29)/t34-/m1/s1. The topological polar surface area (TPSA) is 90.7 Å². The highest BCUT2D eigenvalue weighted by atomic mass is 32.2. The van der Waals surface area contributed by atoms with Gasteiger partial charge in [0.25, 0.3) is 0 Å². The van der Waals surface area contributed by atoms with Gasteiger partial charge in [0.15, 0.2) is 11.5 Å². The molecule has 3 aromatic rings. The molecule has 2 aromatic carbocycles. The molecule has 0 saturated heterocycles. The Morgan fingerprint density at radius 2 is 1.74 bits per heavy atom. The summed E-state index contributed by atoms with van der Waals surface area (Å²) < 4.78 is 29.5.